The van der Waals surface area contributed by atoms with E-state index in [2.05, 4.69) is 9.97 Å². The third-order valence-electron chi connectivity index (χ3n) is 1.79. The molecule has 0 aliphatic rings. The van der Waals surface area contributed by atoms with Gasteiger partial charge in [-0.3, -0.25) is 4.98 Å². The van der Waals surface area contributed by atoms with E-state index in [-0.39, 0.29) is 5.69 Å². The highest BCUT2D eigenvalue weighted by atomic mass is 32.1. The lowest BCUT2D eigenvalue weighted by Crippen LogP contribution is -1.89. The monoisotopic (exact) mass is 239 g/mol. The minimum atomic E-state index is -0.709. The molecule has 2 N–H and O–H groups in total. The number of pyridine rings is 1. The van der Waals surface area contributed by atoms with Crippen LogP contribution in [-0.2, 0) is 0 Å². The second kappa shape index (κ2) is 4.36. The Hall–Kier alpha value is -1.82. The van der Waals surface area contributed by atoms with E-state index in [1.54, 1.807) is 11.5 Å². The van der Waals surface area contributed by atoms with Crippen LogP contribution in [0.4, 0.5) is 13.9 Å². The molecule has 6 heteroatoms. The van der Waals surface area contributed by atoms with Crippen molar-refractivity contribution >= 4 is 28.6 Å². The number of nitrogens with two attached hydrogens (primary N) is 1. The van der Waals surface area contributed by atoms with Crippen molar-refractivity contribution in [1.82, 2.24) is 9.97 Å². The van der Waals surface area contributed by atoms with Gasteiger partial charge in [-0.2, -0.15) is 0 Å². The van der Waals surface area contributed by atoms with E-state index in [0.29, 0.717) is 10.8 Å². The van der Waals surface area contributed by atoms with Crippen LogP contribution in [0, 0.1) is 11.6 Å². The first-order valence-corrected chi connectivity index (χ1v) is 5.23. The summed E-state index contributed by atoms with van der Waals surface area (Å²) in [7, 11) is 0. The zero-order chi connectivity index (χ0) is 11.5. The van der Waals surface area contributed by atoms with Gasteiger partial charge in [0.15, 0.2) is 10.9 Å². The third kappa shape index (κ3) is 2.40. The van der Waals surface area contributed by atoms with Crippen LogP contribution in [0.2, 0.25) is 0 Å². The number of nitrogen functional groups attached to an aromatic ring is 1. The van der Waals surface area contributed by atoms with Gasteiger partial charge in [0.05, 0.1) is 17.6 Å². The van der Waals surface area contributed by atoms with Crippen molar-refractivity contribution in [2.45, 2.75) is 0 Å². The predicted molar refractivity (Wildman–Crippen MR) is 59.6 cm³/mol. The molecule has 16 heavy (non-hydrogen) atoms. The lowest BCUT2D eigenvalue weighted by atomic mass is 10.3. The van der Waals surface area contributed by atoms with Crippen LogP contribution in [0.3, 0.4) is 0 Å². The largest absolute Gasteiger partial charge is 0.375 e. The van der Waals surface area contributed by atoms with Crippen LogP contribution in [0.15, 0.2) is 17.6 Å². The van der Waals surface area contributed by atoms with E-state index in [4.69, 9.17) is 5.73 Å². The second-order valence-corrected chi connectivity index (χ2v) is 3.85. The summed E-state index contributed by atoms with van der Waals surface area (Å²) in [6.07, 6.45) is 3.94. The van der Waals surface area contributed by atoms with Gasteiger partial charge in [-0.05, 0) is 12.2 Å². The Morgan fingerprint density at radius 3 is 2.75 bits per heavy atom. The Morgan fingerprint density at radius 2 is 2.12 bits per heavy atom. The van der Waals surface area contributed by atoms with Gasteiger partial charge in [0.2, 0.25) is 0 Å². The summed E-state index contributed by atoms with van der Waals surface area (Å²) in [5, 5.41) is 2.17. The molecule has 0 saturated carbocycles. The average molecular weight is 239 g/mol. The minimum absolute atomic E-state index is 0.0629. The highest BCUT2D eigenvalue weighted by Crippen LogP contribution is 2.14. The van der Waals surface area contributed by atoms with Gasteiger partial charge < -0.3 is 5.73 Å². The molecule has 0 unspecified atom stereocenters. The van der Waals surface area contributed by atoms with Crippen LogP contribution in [0.5, 0.6) is 0 Å². The van der Waals surface area contributed by atoms with Gasteiger partial charge in [-0.1, -0.05) is 0 Å². The number of anilines is 1. The Bertz CT molecular complexity index is 537. The molecule has 0 spiro atoms. The molecule has 2 rings (SSSR count). The van der Waals surface area contributed by atoms with E-state index < -0.39 is 11.6 Å². The zero-order valence-corrected chi connectivity index (χ0v) is 8.84. The quantitative estimate of drug-likeness (QED) is 0.876. The molecule has 0 saturated heterocycles. The first-order valence-electron chi connectivity index (χ1n) is 4.35. The Kier molecular flexibility index (Phi) is 2.91. The Morgan fingerprint density at radius 1 is 1.31 bits per heavy atom. The van der Waals surface area contributed by atoms with Crippen molar-refractivity contribution in [3.63, 3.8) is 0 Å². The lowest BCUT2D eigenvalue weighted by Gasteiger charge is -1.94. The SMILES string of the molecule is Nc1nc(/C=C/c2ncc(F)cc2F)cs1. The number of hydrogen-bond acceptors (Lipinski definition) is 4. The van der Waals surface area contributed by atoms with Crippen molar-refractivity contribution in [3.8, 4) is 0 Å². The molecule has 0 atom stereocenters. The topological polar surface area (TPSA) is 51.8 Å². The molecule has 0 fully saturated rings. The predicted octanol–water partition coefficient (Wildman–Crippen LogP) is 2.57. The molecular weight excluding hydrogens is 232 g/mol. The molecule has 82 valence electrons. The van der Waals surface area contributed by atoms with Crippen LogP contribution < -0.4 is 5.73 Å². The molecule has 0 radical (unpaired) electrons. The molecule has 3 nitrogen and oxygen atoms in total. The first kappa shape index (κ1) is 10.7. The van der Waals surface area contributed by atoms with E-state index in [9.17, 15) is 8.78 Å². The summed E-state index contributed by atoms with van der Waals surface area (Å²) in [6, 6.07) is 0.780. The smallest absolute Gasteiger partial charge is 0.180 e. The molecule has 0 bridgehead atoms. The fourth-order valence-electron chi connectivity index (χ4n) is 1.09. The van der Waals surface area contributed by atoms with E-state index in [1.165, 1.54) is 17.4 Å². The number of aromatic nitrogens is 2. The van der Waals surface area contributed by atoms with E-state index in [1.807, 2.05) is 0 Å². The van der Waals surface area contributed by atoms with Gasteiger partial charge in [0.25, 0.3) is 0 Å². The van der Waals surface area contributed by atoms with Gasteiger partial charge in [-0.15, -0.1) is 11.3 Å². The minimum Gasteiger partial charge on any atom is -0.375 e. The second-order valence-electron chi connectivity index (χ2n) is 2.96. The molecular formula is C10H7F2N3S. The number of hydrogen-bond donors (Lipinski definition) is 1. The molecule has 0 aliphatic heterocycles. The van der Waals surface area contributed by atoms with Crippen LogP contribution in [-0.4, -0.2) is 9.97 Å². The van der Waals surface area contributed by atoms with Gasteiger partial charge in [0, 0.05) is 11.4 Å². The van der Waals surface area contributed by atoms with Gasteiger partial charge in [-0.25, -0.2) is 13.8 Å². The highest BCUT2D eigenvalue weighted by Gasteiger charge is 2.02. The summed E-state index contributed by atoms with van der Waals surface area (Å²) in [4.78, 5) is 7.57. The Labute approximate surface area is 94.3 Å². The van der Waals surface area contributed by atoms with Crippen LogP contribution >= 0.6 is 11.3 Å². The first-order chi connectivity index (χ1) is 7.65. The van der Waals surface area contributed by atoms with Gasteiger partial charge >= 0.3 is 0 Å². The van der Waals surface area contributed by atoms with Crippen molar-refractivity contribution in [2.24, 2.45) is 0 Å². The van der Waals surface area contributed by atoms with Crippen molar-refractivity contribution < 1.29 is 8.78 Å². The Balaban J connectivity index is 2.23. The van der Waals surface area contributed by atoms with Crippen LogP contribution in [0.1, 0.15) is 11.4 Å². The number of halogens is 2. The average Bonchev–Trinajstić information content (AvgIpc) is 2.63. The molecule has 0 aromatic carbocycles. The standard InChI is InChI=1S/C10H7F2N3S/c11-6-3-8(12)9(14-4-6)2-1-7-5-16-10(13)15-7/h1-5H,(H2,13,15)/b2-1+. The summed E-state index contributed by atoms with van der Waals surface area (Å²) < 4.78 is 25.7. The van der Waals surface area contributed by atoms with Crippen molar-refractivity contribution in [3.05, 3.63) is 40.7 Å². The van der Waals surface area contributed by atoms with E-state index >= 15 is 0 Å². The van der Waals surface area contributed by atoms with Crippen molar-refractivity contribution in [2.75, 3.05) is 5.73 Å². The maximum atomic E-state index is 13.2. The van der Waals surface area contributed by atoms with Gasteiger partial charge in [0.1, 0.15) is 5.82 Å². The molecule has 2 heterocycles. The third-order valence-corrected chi connectivity index (χ3v) is 2.48. The zero-order valence-electron chi connectivity index (χ0n) is 8.02. The molecule has 0 amide bonds. The number of nitrogens with zero attached hydrogens (tertiary/aromatic N) is 2. The molecule has 0 aliphatic carbocycles. The number of rotatable bonds is 2. The number of thiazole rings is 1. The summed E-state index contributed by atoms with van der Waals surface area (Å²) in [5.74, 6) is -1.41. The maximum absolute atomic E-state index is 13.2. The fourth-order valence-corrected chi connectivity index (χ4v) is 1.62. The fraction of sp³-hybridized carbons (Fsp3) is 0. The lowest BCUT2D eigenvalue weighted by molar-refractivity contribution is 0.571. The molecule has 2 aromatic rings. The normalized spacial score (nSPS) is 11.1. The van der Waals surface area contributed by atoms with Crippen molar-refractivity contribution in [1.29, 1.82) is 0 Å². The summed E-state index contributed by atoms with van der Waals surface area (Å²) in [6.45, 7) is 0. The van der Waals surface area contributed by atoms with Crippen LogP contribution in [0.25, 0.3) is 12.2 Å². The summed E-state index contributed by atoms with van der Waals surface area (Å²) in [5.41, 5.74) is 6.11. The maximum Gasteiger partial charge on any atom is 0.180 e. The summed E-state index contributed by atoms with van der Waals surface area (Å²) >= 11 is 1.29. The molecule has 2 aromatic heterocycles. The highest BCUT2D eigenvalue weighted by molar-refractivity contribution is 7.13. The van der Waals surface area contributed by atoms with E-state index in [0.717, 1.165) is 12.3 Å².